The molecule has 0 amide bonds. The molecule has 0 N–H and O–H groups in total. The second-order valence-electron chi connectivity index (χ2n) is 8.05. The molecule has 2 nitrogen and oxygen atoms in total. The number of benzene rings is 2. The Balaban J connectivity index is 1.40. The molecule has 2 heterocycles. The summed E-state index contributed by atoms with van der Waals surface area (Å²) in [6.07, 6.45) is -0.439. The molecule has 2 saturated heterocycles. The van der Waals surface area contributed by atoms with Gasteiger partial charge in [0.05, 0.1) is 5.56 Å². The summed E-state index contributed by atoms with van der Waals surface area (Å²) < 4.78 is 38.7. The molecule has 2 aliphatic rings. The quantitative estimate of drug-likeness (QED) is 0.697. The van der Waals surface area contributed by atoms with Crippen LogP contribution in [0.4, 0.5) is 13.2 Å². The van der Waals surface area contributed by atoms with E-state index in [-0.39, 0.29) is 18.1 Å². The van der Waals surface area contributed by atoms with Crippen molar-refractivity contribution in [3.8, 4) is 0 Å². The number of nitrogens with zero attached hydrogens (tertiary/aromatic N) is 1. The summed E-state index contributed by atoms with van der Waals surface area (Å²) in [4.78, 5) is 15.3. The average molecular weight is 387 g/mol. The standard InChI is InChI=1S/C23H24F3NO/c24-23(25,26)19-8-4-7-17(11-19)12-22(28)18-13-20-9-10-21(14-18)27(20)15-16-5-2-1-3-6-16/h1-8,11,18,20-21H,9-10,12-15H2. The van der Waals surface area contributed by atoms with E-state index in [1.807, 2.05) is 18.2 Å². The average Bonchev–Trinajstić information content (AvgIpc) is 2.89. The first kappa shape index (κ1) is 19.2. The van der Waals surface area contributed by atoms with E-state index in [2.05, 4.69) is 17.0 Å². The summed E-state index contributed by atoms with van der Waals surface area (Å²) in [5.74, 6) is 0.0367. The van der Waals surface area contributed by atoms with Gasteiger partial charge < -0.3 is 0 Å². The highest BCUT2D eigenvalue weighted by Crippen LogP contribution is 2.40. The molecule has 148 valence electrons. The van der Waals surface area contributed by atoms with Crippen LogP contribution in [0.2, 0.25) is 0 Å². The number of carbonyl (C=O) groups excluding carboxylic acids is 1. The van der Waals surface area contributed by atoms with Crippen LogP contribution >= 0.6 is 0 Å². The van der Waals surface area contributed by atoms with Crippen LogP contribution < -0.4 is 0 Å². The third kappa shape index (κ3) is 4.14. The van der Waals surface area contributed by atoms with E-state index in [0.717, 1.165) is 44.4 Å². The SMILES string of the molecule is O=C(Cc1cccc(C(F)(F)F)c1)C1CC2CCC(C1)N2Cc1ccccc1. The number of hydrogen-bond donors (Lipinski definition) is 0. The molecule has 2 aromatic carbocycles. The molecule has 2 aliphatic heterocycles. The lowest BCUT2D eigenvalue weighted by Gasteiger charge is -2.38. The van der Waals surface area contributed by atoms with Crippen LogP contribution in [0, 0.1) is 5.92 Å². The fourth-order valence-corrected chi connectivity index (χ4v) is 4.79. The number of Topliss-reactive ketones (excluding diaryl/α,β-unsaturated/α-hetero) is 1. The lowest BCUT2D eigenvalue weighted by atomic mass is 9.84. The molecule has 0 aliphatic carbocycles. The van der Waals surface area contributed by atoms with Gasteiger partial charge in [-0.25, -0.2) is 0 Å². The summed E-state index contributed by atoms with van der Waals surface area (Å²) in [6, 6.07) is 16.3. The zero-order valence-corrected chi connectivity index (χ0v) is 15.7. The summed E-state index contributed by atoms with van der Waals surface area (Å²) in [5, 5.41) is 0. The van der Waals surface area contributed by atoms with Gasteiger partial charge in [0.15, 0.2) is 0 Å². The minimum Gasteiger partial charge on any atom is -0.299 e. The molecule has 0 saturated carbocycles. The Bertz CT molecular complexity index is 819. The van der Waals surface area contributed by atoms with Crippen molar-refractivity contribution in [2.24, 2.45) is 5.92 Å². The van der Waals surface area contributed by atoms with Gasteiger partial charge in [-0.05, 0) is 42.9 Å². The number of fused-ring (bicyclic) bond motifs is 2. The second-order valence-corrected chi connectivity index (χ2v) is 8.05. The van der Waals surface area contributed by atoms with E-state index in [4.69, 9.17) is 0 Å². The van der Waals surface area contributed by atoms with Gasteiger partial charge in [-0.15, -0.1) is 0 Å². The molecular formula is C23H24F3NO. The molecule has 2 unspecified atom stereocenters. The van der Waals surface area contributed by atoms with Gasteiger partial charge in [-0.1, -0.05) is 48.5 Å². The highest BCUT2D eigenvalue weighted by Gasteiger charge is 2.42. The number of alkyl halides is 3. The second kappa shape index (κ2) is 7.70. The van der Waals surface area contributed by atoms with E-state index < -0.39 is 11.7 Å². The molecule has 0 spiro atoms. The van der Waals surface area contributed by atoms with E-state index in [1.54, 1.807) is 6.07 Å². The van der Waals surface area contributed by atoms with Gasteiger partial charge in [0.2, 0.25) is 0 Å². The molecule has 2 aromatic rings. The predicted octanol–water partition coefficient (Wildman–Crippen LogP) is 5.26. The molecule has 0 radical (unpaired) electrons. The van der Waals surface area contributed by atoms with Crippen molar-refractivity contribution in [3.63, 3.8) is 0 Å². The van der Waals surface area contributed by atoms with Crippen molar-refractivity contribution in [1.29, 1.82) is 0 Å². The number of piperidine rings is 1. The van der Waals surface area contributed by atoms with Crippen molar-refractivity contribution in [3.05, 3.63) is 71.3 Å². The van der Waals surface area contributed by atoms with Crippen molar-refractivity contribution in [2.75, 3.05) is 0 Å². The van der Waals surface area contributed by atoms with E-state index >= 15 is 0 Å². The highest BCUT2D eigenvalue weighted by molar-refractivity contribution is 5.83. The Hall–Kier alpha value is -2.14. The van der Waals surface area contributed by atoms with Crippen LogP contribution in [-0.2, 0) is 23.9 Å². The lowest BCUT2D eigenvalue weighted by Crippen LogP contribution is -2.44. The Morgan fingerprint density at radius 2 is 1.57 bits per heavy atom. The molecule has 2 fully saturated rings. The largest absolute Gasteiger partial charge is 0.416 e. The van der Waals surface area contributed by atoms with E-state index in [1.165, 1.54) is 11.6 Å². The van der Waals surface area contributed by atoms with Crippen LogP contribution in [0.3, 0.4) is 0 Å². The zero-order chi connectivity index (χ0) is 19.7. The Labute approximate surface area is 163 Å². The van der Waals surface area contributed by atoms with Gasteiger partial charge in [0, 0.05) is 31.0 Å². The fourth-order valence-electron chi connectivity index (χ4n) is 4.79. The van der Waals surface area contributed by atoms with Crippen LogP contribution in [0.1, 0.15) is 42.4 Å². The van der Waals surface area contributed by atoms with Gasteiger partial charge in [0.25, 0.3) is 0 Å². The molecule has 4 rings (SSSR count). The van der Waals surface area contributed by atoms with Crippen molar-refractivity contribution >= 4 is 5.78 Å². The third-order valence-corrected chi connectivity index (χ3v) is 6.18. The predicted molar refractivity (Wildman–Crippen MR) is 102 cm³/mol. The number of hydrogen-bond acceptors (Lipinski definition) is 2. The van der Waals surface area contributed by atoms with Gasteiger partial charge >= 0.3 is 6.18 Å². The molecule has 28 heavy (non-hydrogen) atoms. The van der Waals surface area contributed by atoms with Gasteiger partial charge in [-0.2, -0.15) is 13.2 Å². The topological polar surface area (TPSA) is 20.3 Å². The summed E-state index contributed by atoms with van der Waals surface area (Å²) >= 11 is 0. The number of ketones is 1. The minimum absolute atomic E-state index is 0.0425. The zero-order valence-electron chi connectivity index (χ0n) is 15.7. The monoisotopic (exact) mass is 387 g/mol. The minimum atomic E-state index is -4.37. The number of rotatable bonds is 5. The molecule has 5 heteroatoms. The fraction of sp³-hybridized carbons (Fsp3) is 0.435. The normalized spacial score (nSPS) is 25.0. The Kier molecular flexibility index (Phi) is 5.28. The lowest BCUT2D eigenvalue weighted by molar-refractivity contribution is -0.137. The van der Waals surface area contributed by atoms with Crippen LogP contribution in [0.15, 0.2) is 54.6 Å². The van der Waals surface area contributed by atoms with Gasteiger partial charge in [0.1, 0.15) is 5.78 Å². The number of carbonyl (C=O) groups is 1. The first-order valence-electron chi connectivity index (χ1n) is 9.88. The molecule has 2 atom stereocenters. The Morgan fingerprint density at radius 1 is 0.929 bits per heavy atom. The summed E-state index contributed by atoms with van der Waals surface area (Å²) in [6.45, 7) is 0.907. The number of halogens is 3. The van der Waals surface area contributed by atoms with E-state index in [9.17, 15) is 18.0 Å². The first-order valence-corrected chi connectivity index (χ1v) is 9.88. The van der Waals surface area contributed by atoms with E-state index in [0.29, 0.717) is 17.6 Å². The summed E-state index contributed by atoms with van der Waals surface area (Å²) in [7, 11) is 0. The summed E-state index contributed by atoms with van der Waals surface area (Å²) in [5.41, 5.74) is 1.06. The maximum Gasteiger partial charge on any atom is 0.416 e. The molecule has 0 aromatic heterocycles. The van der Waals surface area contributed by atoms with Crippen molar-refractivity contribution in [1.82, 2.24) is 4.90 Å². The highest BCUT2D eigenvalue weighted by atomic mass is 19.4. The van der Waals surface area contributed by atoms with Crippen LogP contribution in [0.25, 0.3) is 0 Å². The molecule has 2 bridgehead atoms. The van der Waals surface area contributed by atoms with Crippen LogP contribution in [0.5, 0.6) is 0 Å². The van der Waals surface area contributed by atoms with Gasteiger partial charge in [-0.3, -0.25) is 9.69 Å². The Morgan fingerprint density at radius 3 is 2.21 bits per heavy atom. The van der Waals surface area contributed by atoms with Crippen LogP contribution in [-0.4, -0.2) is 22.8 Å². The molecular weight excluding hydrogens is 363 g/mol. The maximum atomic E-state index is 12.9. The van der Waals surface area contributed by atoms with Crippen molar-refractivity contribution in [2.45, 2.75) is 56.9 Å². The smallest absolute Gasteiger partial charge is 0.299 e. The maximum absolute atomic E-state index is 12.9. The first-order chi connectivity index (χ1) is 13.4. The van der Waals surface area contributed by atoms with Crippen molar-refractivity contribution < 1.29 is 18.0 Å². The third-order valence-electron chi connectivity index (χ3n) is 6.18.